The summed E-state index contributed by atoms with van der Waals surface area (Å²) >= 11 is 0. The number of aliphatic hydroxyl groups is 2. The van der Waals surface area contributed by atoms with Crippen molar-refractivity contribution in [2.45, 2.75) is 13.3 Å². The van der Waals surface area contributed by atoms with Gasteiger partial charge in [-0.2, -0.15) is 0 Å². The maximum Gasteiger partial charge on any atom is 0.302 e. The lowest BCUT2D eigenvalue weighted by atomic mass is 10.7. The molecule has 4 N–H and O–H groups in total. The van der Waals surface area contributed by atoms with E-state index in [1.807, 2.05) is 6.92 Å². The molecular formula is C4H13NO3. The monoisotopic (exact) mass is 123 g/mol. The summed E-state index contributed by atoms with van der Waals surface area (Å²) in [4.78, 5) is 0.708. The number of quaternary nitrogens is 1. The fourth-order valence-corrected chi connectivity index (χ4v) is 0.183. The number of hydrogen-bond donors (Lipinski definition) is 3. The van der Waals surface area contributed by atoms with E-state index in [2.05, 4.69) is 0 Å². The van der Waals surface area contributed by atoms with Crippen LogP contribution in [-0.4, -0.2) is 35.7 Å². The number of rotatable bonds is 2. The van der Waals surface area contributed by atoms with E-state index in [1.54, 1.807) is 7.05 Å². The lowest BCUT2D eigenvalue weighted by molar-refractivity contribution is -0.952. The van der Waals surface area contributed by atoms with Crippen LogP contribution in [0.3, 0.4) is 0 Å². The van der Waals surface area contributed by atoms with Crippen molar-refractivity contribution in [1.82, 2.24) is 0 Å². The Hall–Kier alpha value is -0.160. The van der Waals surface area contributed by atoms with Gasteiger partial charge in [0.15, 0.2) is 0 Å². The molecule has 0 aliphatic heterocycles. The molecule has 0 aromatic carbocycles. The van der Waals surface area contributed by atoms with Crippen LogP contribution in [0.1, 0.15) is 6.92 Å². The summed E-state index contributed by atoms with van der Waals surface area (Å²) in [6.45, 7) is 2.62. The molecule has 0 bridgehead atoms. The predicted octanol–water partition coefficient (Wildman–Crippen LogP) is -2.39. The second-order valence-electron chi connectivity index (χ2n) is 1.57. The van der Waals surface area contributed by atoms with Crippen molar-refractivity contribution in [2.75, 3.05) is 13.6 Å². The Morgan fingerprint density at radius 2 is 1.88 bits per heavy atom. The molecule has 0 aromatic heterocycles. The molecular weight excluding hydrogens is 110 g/mol. The van der Waals surface area contributed by atoms with Crippen molar-refractivity contribution >= 4 is 0 Å². The summed E-state index contributed by atoms with van der Waals surface area (Å²) in [5, 5.41) is 16.7. The highest BCUT2D eigenvalue weighted by Gasteiger charge is 2.04. The summed E-state index contributed by atoms with van der Waals surface area (Å²) in [5.74, 6) is 0. The van der Waals surface area contributed by atoms with Gasteiger partial charge in [0, 0.05) is 0 Å². The van der Waals surface area contributed by atoms with E-state index in [0.717, 1.165) is 6.54 Å². The zero-order chi connectivity index (χ0) is 5.86. The van der Waals surface area contributed by atoms with Gasteiger partial charge in [-0.1, -0.05) is 0 Å². The molecule has 0 spiro atoms. The Labute approximate surface area is 48.7 Å². The molecule has 1 atom stereocenters. The Morgan fingerprint density at radius 1 is 1.50 bits per heavy atom. The van der Waals surface area contributed by atoms with Crippen molar-refractivity contribution < 1.29 is 20.6 Å². The molecule has 0 fully saturated rings. The third-order valence-corrected chi connectivity index (χ3v) is 0.998. The SMILES string of the molecule is CC[NH+](C)C(O)O.[OH-]. The fraction of sp³-hybridized carbons (Fsp3) is 1.00. The molecule has 8 heavy (non-hydrogen) atoms. The highest BCUT2D eigenvalue weighted by Crippen LogP contribution is 1.49. The van der Waals surface area contributed by atoms with Gasteiger partial charge in [-0.25, -0.2) is 0 Å². The van der Waals surface area contributed by atoms with Crippen LogP contribution in [0.5, 0.6) is 0 Å². The van der Waals surface area contributed by atoms with E-state index in [4.69, 9.17) is 10.2 Å². The summed E-state index contributed by atoms with van der Waals surface area (Å²) in [7, 11) is 1.71. The van der Waals surface area contributed by atoms with Crippen LogP contribution < -0.4 is 4.90 Å². The number of aliphatic hydroxyl groups excluding tert-OH is 1. The summed E-state index contributed by atoms with van der Waals surface area (Å²) in [5.41, 5.74) is 0. The lowest BCUT2D eigenvalue weighted by Crippen LogP contribution is -3.12. The normalized spacial score (nSPS) is 13.1. The Balaban J connectivity index is 0. The first-order valence-electron chi connectivity index (χ1n) is 2.37. The molecule has 0 saturated carbocycles. The summed E-state index contributed by atoms with van der Waals surface area (Å²) in [6.07, 6.45) is -1.22. The molecule has 0 aliphatic carbocycles. The highest BCUT2D eigenvalue weighted by molar-refractivity contribution is 4.01. The zero-order valence-corrected chi connectivity index (χ0v) is 5.13. The smallest absolute Gasteiger partial charge is 0.302 e. The van der Waals surface area contributed by atoms with Gasteiger partial charge in [0.1, 0.15) is 0 Å². The van der Waals surface area contributed by atoms with Crippen molar-refractivity contribution in [3.63, 3.8) is 0 Å². The topological polar surface area (TPSA) is 74.9 Å². The van der Waals surface area contributed by atoms with Gasteiger partial charge < -0.3 is 15.7 Å². The van der Waals surface area contributed by atoms with Crippen molar-refractivity contribution in [3.05, 3.63) is 0 Å². The molecule has 52 valence electrons. The highest BCUT2D eigenvalue weighted by atomic mass is 16.5. The quantitative estimate of drug-likeness (QED) is 0.359. The zero-order valence-electron chi connectivity index (χ0n) is 5.13. The van der Waals surface area contributed by atoms with Gasteiger partial charge in [-0.05, 0) is 6.92 Å². The summed E-state index contributed by atoms with van der Waals surface area (Å²) in [6, 6.07) is 0. The molecule has 0 heterocycles. The van der Waals surface area contributed by atoms with Crippen molar-refractivity contribution in [2.24, 2.45) is 0 Å². The predicted molar refractivity (Wildman–Crippen MR) is 27.6 cm³/mol. The van der Waals surface area contributed by atoms with E-state index in [1.165, 1.54) is 0 Å². The molecule has 0 radical (unpaired) electrons. The third-order valence-electron chi connectivity index (χ3n) is 0.998. The molecule has 1 unspecified atom stereocenters. The van der Waals surface area contributed by atoms with Crippen LogP contribution in [0.15, 0.2) is 0 Å². The molecule has 4 heteroatoms. The van der Waals surface area contributed by atoms with E-state index in [0.29, 0.717) is 4.90 Å². The second kappa shape index (κ2) is 4.99. The van der Waals surface area contributed by atoms with Crippen LogP contribution in [0.4, 0.5) is 0 Å². The van der Waals surface area contributed by atoms with Crippen LogP contribution in [0.25, 0.3) is 0 Å². The average molecular weight is 123 g/mol. The van der Waals surface area contributed by atoms with Crippen LogP contribution in [-0.2, 0) is 0 Å². The second-order valence-corrected chi connectivity index (χ2v) is 1.57. The van der Waals surface area contributed by atoms with Gasteiger partial charge in [-0.15, -0.1) is 0 Å². The maximum absolute atomic E-state index is 8.34. The molecule has 0 aromatic rings. The Morgan fingerprint density at radius 3 is 1.88 bits per heavy atom. The first kappa shape index (κ1) is 10.8. The Kier molecular flexibility index (Phi) is 6.70. The fourth-order valence-electron chi connectivity index (χ4n) is 0.183. The van der Waals surface area contributed by atoms with Gasteiger partial charge >= 0.3 is 6.41 Å². The minimum atomic E-state index is -1.22. The maximum atomic E-state index is 8.34. The minimum absolute atomic E-state index is 0. The van der Waals surface area contributed by atoms with Gasteiger partial charge in [0.05, 0.1) is 13.6 Å². The van der Waals surface area contributed by atoms with Crippen LogP contribution >= 0.6 is 0 Å². The number of hydrogen-bond acceptors (Lipinski definition) is 3. The molecule has 4 nitrogen and oxygen atoms in total. The molecule has 0 aliphatic rings. The van der Waals surface area contributed by atoms with Gasteiger partial charge in [0.25, 0.3) is 0 Å². The van der Waals surface area contributed by atoms with Gasteiger partial charge in [-0.3, -0.25) is 4.90 Å². The largest absolute Gasteiger partial charge is 0.870 e. The van der Waals surface area contributed by atoms with E-state index in [9.17, 15) is 0 Å². The summed E-state index contributed by atoms with van der Waals surface area (Å²) < 4.78 is 0. The minimum Gasteiger partial charge on any atom is -0.870 e. The number of nitrogens with one attached hydrogen (secondary N) is 1. The first-order chi connectivity index (χ1) is 3.18. The van der Waals surface area contributed by atoms with Crippen LogP contribution in [0, 0.1) is 0 Å². The van der Waals surface area contributed by atoms with E-state index >= 15 is 0 Å². The Bertz CT molecular complexity index is 48.5. The lowest BCUT2D eigenvalue weighted by Gasteiger charge is -2.11. The molecule has 0 rings (SSSR count). The first-order valence-corrected chi connectivity index (χ1v) is 2.37. The van der Waals surface area contributed by atoms with Crippen LogP contribution in [0.2, 0.25) is 0 Å². The molecule has 0 amide bonds. The van der Waals surface area contributed by atoms with Gasteiger partial charge in [0.2, 0.25) is 0 Å². The van der Waals surface area contributed by atoms with Crippen molar-refractivity contribution in [3.8, 4) is 0 Å². The standard InChI is InChI=1S/C4H11NO2.H2O/c1-3-5(2)4(6)7;/h4,6-7H,3H2,1-2H3;1H2. The third kappa shape index (κ3) is 4.01. The molecule has 0 saturated heterocycles. The van der Waals surface area contributed by atoms with Crippen molar-refractivity contribution in [1.29, 1.82) is 0 Å². The van der Waals surface area contributed by atoms with E-state index in [-0.39, 0.29) is 5.48 Å². The van der Waals surface area contributed by atoms with E-state index < -0.39 is 6.41 Å². The average Bonchev–Trinajstić information content (AvgIpc) is 1.65.